The van der Waals surface area contributed by atoms with Gasteiger partial charge in [-0.2, -0.15) is 0 Å². The second-order valence-electron chi connectivity index (χ2n) is 4.44. The van der Waals surface area contributed by atoms with E-state index in [2.05, 4.69) is 12.2 Å². The van der Waals surface area contributed by atoms with Crippen LogP contribution in [0.15, 0.2) is 24.3 Å². The van der Waals surface area contributed by atoms with E-state index in [1.54, 1.807) is 18.2 Å². The number of aromatic carboxylic acids is 1. The zero-order valence-corrected chi connectivity index (χ0v) is 9.85. The normalized spacial score (nSPS) is 21.1. The van der Waals surface area contributed by atoms with Crippen molar-refractivity contribution in [2.45, 2.75) is 19.4 Å². The van der Waals surface area contributed by atoms with Crippen molar-refractivity contribution in [1.29, 1.82) is 0 Å². The molecule has 92 valence electrons. The molecule has 0 aliphatic carbocycles. The molecule has 0 radical (unpaired) electrons. The molecule has 1 aliphatic rings. The first-order valence-corrected chi connectivity index (χ1v) is 5.84. The van der Waals surface area contributed by atoms with Crippen molar-refractivity contribution in [1.82, 2.24) is 0 Å². The molecule has 2 unspecified atom stereocenters. The topological polar surface area (TPSA) is 58.6 Å². The number of carboxylic acids is 1. The van der Waals surface area contributed by atoms with Crippen molar-refractivity contribution in [3.63, 3.8) is 0 Å². The Morgan fingerprint density at radius 1 is 1.59 bits per heavy atom. The predicted octanol–water partition coefficient (Wildman–Crippen LogP) is 2.22. The average Bonchev–Trinajstić information content (AvgIpc) is 2.82. The van der Waals surface area contributed by atoms with Gasteiger partial charge in [0, 0.05) is 24.3 Å². The summed E-state index contributed by atoms with van der Waals surface area (Å²) in [5.41, 5.74) is 1.16. The van der Waals surface area contributed by atoms with Crippen LogP contribution in [-0.2, 0) is 4.74 Å². The van der Waals surface area contributed by atoms with Crippen molar-refractivity contribution in [3.8, 4) is 0 Å². The zero-order chi connectivity index (χ0) is 12.3. The third-order valence-electron chi connectivity index (χ3n) is 3.18. The number of anilines is 1. The van der Waals surface area contributed by atoms with Gasteiger partial charge in [0.1, 0.15) is 0 Å². The van der Waals surface area contributed by atoms with Crippen LogP contribution in [0.25, 0.3) is 0 Å². The summed E-state index contributed by atoms with van der Waals surface area (Å²) >= 11 is 0. The Hall–Kier alpha value is -1.55. The Bertz CT molecular complexity index is 399. The number of benzene rings is 1. The molecule has 0 spiro atoms. The van der Waals surface area contributed by atoms with E-state index in [-0.39, 0.29) is 0 Å². The highest BCUT2D eigenvalue weighted by Gasteiger charge is 2.22. The molecule has 1 aromatic rings. The average molecular weight is 235 g/mol. The van der Waals surface area contributed by atoms with Crippen LogP contribution in [0.2, 0.25) is 0 Å². The molecule has 2 rings (SSSR count). The van der Waals surface area contributed by atoms with E-state index in [9.17, 15) is 4.79 Å². The monoisotopic (exact) mass is 235 g/mol. The number of hydrogen-bond donors (Lipinski definition) is 2. The second kappa shape index (κ2) is 5.19. The molecule has 4 heteroatoms. The van der Waals surface area contributed by atoms with E-state index >= 15 is 0 Å². The highest BCUT2D eigenvalue weighted by atomic mass is 16.5. The third-order valence-corrected chi connectivity index (χ3v) is 3.18. The predicted molar refractivity (Wildman–Crippen MR) is 65.4 cm³/mol. The second-order valence-corrected chi connectivity index (χ2v) is 4.44. The molecule has 4 nitrogen and oxygen atoms in total. The lowest BCUT2D eigenvalue weighted by atomic mass is 10.0. The van der Waals surface area contributed by atoms with E-state index < -0.39 is 5.97 Å². The molecule has 1 fully saturated rings. The van der Waals surface area contributed by atoms with Crippen molar-refractivity contribution in [2.24, 2.45) is 5.92 Å². The van der Waals surface area contributed by atoms with E-state index in [4.69, 9.17) is 9.84 Å². The molecule has 0 amide bonds. The van der Waals surface area contributed by atoms with Gasteiger partial charge in [0.15, 0.2) is 0 Å². The van der Waals surface area contributed by atoms with Gasteiger partial charge in [-0.05, 0) is 31.5 Å². The van der Waals surface area contributed by atoms with E-state index in [1.807, 2.05) is 6.07 Å². The smallest absolute Gasteiger partial charge is 0.335 e. The van der Waals surface area contributed by atoms with Crippen molar-refractivity contribution in [3.05, 3.63) is 29.8 Å². The standard InChI is InChI=1S/C13H17NO3/c1-9(11-5-6-17-8-11)14-12-4-2-3-10(7-12)13(15)16/h2-4,7,9,11,14H,5-6,8H2,1H3,(H,15,16). The van der Waals surface area contributed by atoms with Gasteiger partial charge in [-0.25, -0.2) is 4.79 Å². The Morgan fingerprint density at radius 3 is 3.06 bits per heavy atom. The number of carbonyl (C=O) groups is 1. The van der Waals surface area contributed by atoms with E-state index in [0.717, 1.165) is 25.3 Å². The lowest BCUT2D eigenvalue weighted by Crippen LogP contribution is -2.26. The lowest BCUT2D eigenvalue weighted by Gasteiger charge is -2.20. The summed E-state index contributed by atoms with van der Waals surface area (Å²) < 4.78 is 5.34. The van der Waals surface area contributed by atoms with Crippen molar-refractivity contribution in [2.75, 3.05) is 18.5 Å². The zero-order valence-electron chi connectivity index (χ0n) is 9.85. The molecular weight excluding hydrogens is 218 g/mol. The Kier molecular flexibility index (Phi) is 3.64. The summed E-state index contributed by atoms with van der Waals surface area (Å²) in [4.78, 5) is 10.8. The van der Waals surface area contributed by atoms with Crippen LogP contribution in [0.4, 0.5) is 5.69 Å². The molecule has 1 aromatic carbocycles. The SMILES string of the molecule is CC(Nc1cccc(C(=O)O)c1)C1CCOC1. The number of carboxylic acid groups (broad SMARTS) is 1. The van der Waals surface area contributed by atoms with Crippen LogP contribution in [-0.4, -0.2) is 30.3 Å². The van der Waals surface area contributed by atoms with Gasteiger partial charge in [0.2, 0.25) is 0 Å². The Morgan fingerprint density at radius 2 is 2.41 bits per heavy atom. The number of rotatable bonds is 4. The fourth-order valence-corrected chi connectivity index (χ4v) is 2.07. The fourth-order valence-electron chi connectivity index (χ4n) is 2.07. The number of nitrogens with one attached hydrogen (secondary N) is 1. The highest BCUT2D eigenvalue weighted by molar-refractivity contribution is 5.88. The molecule has 0 saturated carbocycles. The van der Waals surface area contributed by atoms with Gasteiger partial charge in [0.25, 0.3) is 0 Å². The van der Waals surface area contributed by atoms with Gasteiger partial charge < -0.3 is 15.2 Å². The number of hydrogen-bond acceptors (Lipinski definition) is 3. The third kappa shape index (κ3) is 2.97. The maximum absolute atomic E-state index is 10.8. The summed E-state index contributed by atoms with van der Waals surface area (Å²) in [7, 11) is 0. The largest absolute Gasteiger partial charge is 0.478 e. The summed E-state index contributed by atoms with van der Waals surface area (Å²) in [5.74, 6) is -0.394. The van der Waals surface area contributed by atoms with Crippen LogP contribution >= 0.6 is 0 Å². The minimum absolute atomic E-state index is 0.293. The molecule has 2 atom stereocenters. The van der Waals surface area contributed by atoms with Gasteiger partial charge in [-0.1, -0.05) is 6.07 Å². The lowest BCUT2D eigenvalue weighted by molar-refractivity contribution is 0.0697. The van der Waals surface area contributed by atoms with Gasteiger partial charge >= 0.3 is 5.97 Å². The van der Waals surface area contributed by atoms with E-state index in [0.29, 0.717) is 17.5 Å². The highest BCUT2D eigenvalue weighted by Crippen LogP contribution is 2.20. The van der Waals surface area contributed by atoms with Crippen LogP contribution in [0.1, 0.15) is 23.7 Å². The van der Waals surface area contributed by atoms with Gasteiger partial charge in [-0.15, -0.1) is 0 Å². The van der Waals surface area contributed by atoms with Crippen molar-refractivity contribution < 1.29 is 14.6 Å². The first kappa shape index (κ1) is 11.9. The van der Waals surface area contributed by atoms with Gasteiger partial charge in [-0.3, -0.25) is 0 Å². The van der Waals surface area contributed by atoms with Crippen LogP contribution in [0, 0.1) is 5.92 Å². The van der Waals surface area contributed by atoms with Crippen LogP contribution < -0.4 is 5.32 Å². The maximum atomic E-state index is 10.8. The summed E-state index contributed by atoms with van der Waals surface area (Å²) in [6.07, 6.45) is 1.06. The molecule has 2 N–H and O–H groups in total. The summed E-state index contributed by atoms with van der Waals surface area (Å²) in [5, 5.41) is 12.2. The first-order valence-electron chi connectivity index (χ1n) is 5.84. The number of ether oxygens (including phenoxy) is 1. The molecule has 1 aliphatic heterocycles. The first-order chi connectivity index (χ1) is 8.16. The summed E-state index contributed by atoms with van der Waals surface area (Å²) in [6.45, 7) is 3.71. The molecule has 0 aromatic heterocycles. The fraction of sp³-hybridized carbons (Fsp3) is 0.462. The molecule has 1 heterocycles. The van der Waals surface area contributed by atoms with Gasteiger partial charge in [0.05, 0.1) is 12.2 Å². The minimum Gasteiger partial charge on any atom is -0.478 e. The molecule has 17 heavy (non-hydrogen) atoms. The quantitative estimate of drug-likeness (QED) is 0.840. The Labute approximate surface area is 101 Å². The Balaban J connectivity index is 2.02. The molecular formula is C13H17NO3. The minimum atomic E-state index is -0.898. The van der Waals surface area contributed by atoms with Crippen LogP contribution in [0.3, 0.4) is 0 Å². The molecule has 0 bridgehead atoms. The summed E-state index contributed by atoms with van der Waals surface area (Å²) in [6, 6.07) is 7.19. The maximum Gasteiger partial charge on any atom is 0.335 e. The molecule has 1 saturated heterocycles. The van der Waals surface area contributed by atoms with Crippen molar-refractivity contribution >= 4 is 11.7 Å². The van der Waals surface area contributed by atoms with Crippen LogP contribution in [0.5, 0.6) is 0 Å². The van der Waals surface area contributed by atoms with E-state index in [1.165, 1.54) is 0 Å².